The Kier molecular flexibility index (Phi) is 7.06. The smallest absolute Gasteiger partial charge is 0.257 e. The van der Waals surface area contributed by atoms with Gasteiger partial charge >= 0.3 is 0 Å². The Labute approximate surface area is 145 Å². The van der Waals surface area contributed by atoms with Gasteiger partial charge in [0.25, 0.3) is 5.91 Å². The van der Waals surface area contributed by atoms with Gasteiger partial charge in [-0.05, 0) is 62.4 Å². The predicted octanol–water partition coefficient (Wildman–Crippen LogP) is 2.19. The lowest BCUT2D eigenvalue weighted by molar-refractivity contribution is -0.122. The van der Waals surface area contributed by atoms with Crippen molar-refractivity contribution in [1.29, 1.82) is 0 Å². The van der Waals surface area contributed by atoms with Gasteiger partial charge in [-0.1, -0.05) is 19.1 Å². The topological polar surface area (TPSA) is 61.8 Å². The standard InChI is InChI=1S/C19H30N2O3/c1-3-19(15-22)9-11-21(12-10-19)13-16-5-7-17(8-6-16)24-14-18(23)20-4-2/h5-8,22H,3-4,9-15H2,1-2H3,(H,20,23). The zero-order valence-corrected chi connectivity index (χ0v) is 14.9. The van der Waals surface area contributed by atoms with Crippen LogP contribution in [0.15, 0.2) is 24.3 Å². The maximum atomic E-state index is 11.4. The van der Waals surface area contributed by atoms with E-state index in [0.29, 0.717) is 18.9 Å². The monoisotopic (exact) mass is 334 g/mol. The number of carbonyl (C=O) groups is 1. The van der Waals surface area contributed by atoms with Gasteiger partial charge in [0.15, 0.2) is 6.61 Å². The number of aliphatic hydroxyl groups excluding tert-OH is 1. The fraction of sp³-hybridized carbons (Fsp3) is 0.632. The molecule has 5 nitrogen and oxygen atoms in total. The molecule has 0 unspecified atom stereocenters. The number of piperidine rings is 1. The quantitative estimate of drug-likeness (QED) is 0.765. The van der Waals surface area contributed by atoms with E-state index in [1.54, 1.807) is 0 Å². The van der Waals surface area contributed by atoms with E-state index in [2.05, 4.69) is 29.3 Å². The molecule has 0 aliphatic carbocycles. The summed E-state index contributed by atoms with van der Waals surface area (Å²) in [5.74, 6) is 0.618. The third kappa shape index (κ3) is 5.21. The van der Waals surface area contributed by atoms with Gasteiger partial charge in [-0.3, -0.25) is 9.69 Å². The van der Waals surface area contributed by atoms with Crippen molar-refractivity contribution in [2.24, 2.45) is 5.41 Å². The summed E-state index contributed by atoms with van der Waals surface area (Å²) in [6.07, 6.45) is 3.18. The number of amides is 1. The van der Waals surface area contributed by atoms with Crippen molar-refractivity contribution in [2.75, 3.05) is 32.8 Å². The van der Waals surface area contributed by atoms with Gasteiger partial charge in [0.2, 0.25) is 0 Å². The number of carbonyl (C=O) groups excluding carboxylic acids is 1. The van der Waals surface area contributed by atoms with Crippen molar-refractivity contribution < 1.29 is 14.6 Å². The summed E-state index contributed by atoms with van der Waals surface area (Å²) >= 11 is 0. The number of nitrogens with zero attached hydrogens (tertiary/aromatic N) is 1. The molecule has 24 heavy (non-hydrogen) atoms. The van der Waals surface area contributed by atoms with Gasteiger partial charge in [-0.25, -0.2) is 0 Å². The van der Waals surface area contributed by atoms with Crippen LogP contribution in [-0.4, -0.2) is 48.8 Å². The highest BCUT2D eigenvalue weighted by atomic mass is 16.5. The summed E-state index contributed by atoms with van der Waals surface area (Å²) in [6.45, 7) is 8.01. The molecule has 1 aliphatic rings. The molecule has 1 aromatic rings. The number of likely N-dealkylation sites (N-methyl/N-ethyl adjacent to an activating group) is 1. The summed E-state index contributed by atoms with van der Waals surface area (Å²) in [5, 5.41) is 12.3. The average Bonchev–Trinajstić information content (AvgIpc) is 2.62. The molecule has 2 N–H and O–H groups in total. The van der Waals surface area contributed by atoms with Gasteiger partial charge < -0.3 is 15.2 Å². The highest BCUT2D eigenvalue weighted by Crippen LogP contribution is 2.34. The fourth-order valence-electron chi connectivity index (χ4n) is 3.16. The largest absolute Gasteiger partial charge is 0.484 e. The highest BCUT2D eigenvalue weighted by Gasteiger charge is 2.32. The number of benzene rings is 1. The van der Waals surface area contributed by atoms with Gasteiger partial charge in [-0.15, -0.1) is 0 Å². The number of hydrogen-bond acceptors (Lipinski definition) is 4. The molecule has 0 bridgehead atoms. The average molecular weight is 334 g/mol. The van der Waals surface area contributed by atoms with Crippen molar-refractivity contribution in [1.82, 2.24) is 10.2 Å². The zero-order valence-electron chi connectivity index (χ0n) is 14.9. The molecule has 0 aromatic heterocycles. The minimum Gasteiger partial charge on any atom is -0.484 e. The summed E-state index contributed by atoms with van der Waals surface area (Å²) in [7, 11) is 0. The number of nitrogens with one attached hydrogen (secondary N) is 1. The Morgan fingerprint density at radius 1 is 1.25 bits per heavy atom. The summed E-state index contributed by atoms with van der Waals surface area (Å²) in [4.78, 5) is 13.8. The summed E-state index contributed by atoms with van der Waals surface area (Å²) < 4.78 is 5.47. The molecule has 0 radical (unpaired) electrons. The van der Waals surface area contributed by atoms with Crippen LogP contribution in [0.2, 0.25) is 0 Å². The molecule has 1 amide bonds. The first-order valence-corrected chi connectivity index (χ1v) is 8.92. The van der Waals surface area contributed by atoms with Crippen LogP contribution < -0.4 is 10.1 Å². The van der Waals surface area contributed by atoms with E-state index in [4.69, 9.17) is 4.74 Å². The molecular formula is C19H30N2O3. The van der Waals surface area contributed by atoms with Crippen LogP contribution in [0.5, 0.6) is 5.75 Å². The van der Waals surface area contributed by atoms with Gasteiger partial charge in [0.05, 0.1) is 0 Å². The van der Waals surface area contributed by atoms with E-state index in [1.807, 2.05) is 19.1 Å². The first-order valence-electron chi connectivity index (χ1n) is 8.92. The van der Waals surface area contributed by atoms with Crippen LogP contribution in [0.25, 0.3) is 0 Å². The maximum absolute atomic E-state index is 11.4. The third-order valence-corrected chi connectivity index (χ3v) is 5.08. The number of rotatable bonds is 8. The second-order valence-corrected chi connectivity index (χ2v) is 6.67. The van der Waals surface area contributed by atoms with Crippen LogP contribution in [0.4, 0.5) is 0 Å². The Balaban J connectivity index is 1.79. The number of ether oxygens (including phenoxy) is 1. The van der Waals surface area contributed by atoms with E-state index in [0.717, 1.165) is 38.9 Å². The molecule has 0 atom stereocenters. The number of likely N-dealkylation sites (tertiary alicyclic amines) is 1. The zero-order chi connectivity index (χ0) is 17.4. The summed E-state index contributed by atoms with van der Waals surface area (Å²) in [6, 6.07) is 7.95. The molecule has 5 heteroatoms. The van der Waals surface area contributed by atoms with Gasteiger partial charge in [-0.2, -0.15) is 0 Å². The van der Waals surface area contributed by atoms with Crippen LogP contribution in [0.3, 0.4) is 0 Å². The minimum atomic E-state index is -0.0989. The van der Waals surface area contributed by atoms with Crippen molar-refractivity contribution in [3.63, 3.8) is 0 Å². The van der Waals surface area contributed by atoms with E-state index in [-0.39, 0.29) is 17.9 Å². The third-order valence-electron chi connectivity index (χ3n) is 5.08. The fourth-order valence-corrected chi connectivity index (χ4v) is 3.16. The molecule has 1 saturated heterocycles. The lowest BCUT2D eigenvalue weighted by atomic mass is 9.77. The predicted molar refractivity (Wildman–Crippen MR) is 94.9 cm³/mol. The van der Waals surface area contributed by atoms with Gasteiger partial charge in [0, 0.05) is 19.7 Å². The Hall–Kier alpha value is -1.59. The molecule has 1 aliphatic heterocycles. The lowest BCUT2D eigenvalue weighted by Gasteiger charge is -2.40. The van der Waals surface area contributed by atoms with E-state index in [9.17, 15) is 9.90 Å². The molecule has 1 aromatic carbocycles. The van der Waals surface area contributed by atoms with Crippen molar-refractivity contribution >= 4 is 5.91 Å². The van der Waals surface area contributed by atoms with Crippen LogP contribution in [0.1, 0.15) is 38.7 Å². The maximum Gasteiger partial charge on any atom is 0.257 e. The molecule has 1 fully saturated rings. The van der Waals surface area contributed by atoms with E-state index in [1.165, 1.54) is 5.56 Å². The number of aliphatic hydroxyl groups is 1. The minimum absolute atomic E-state index is 0.0551. The molecular weight excluding hydrogens is 304 g/mol. The highest BCUT2D eigenvalue weighted by molar-refractivity contribution is 5.77. The molecule has 134 valence electrons. The second-order valence-electron chi connectivity index (χ2n) is 6.67. The number of hydrogen-bond donors (Lipinski definition) is 2. The lowest BCUT2D eigenvalue weighted by Crippen LogP contribution is -2.41. The second kappa shape index (κ2) is 9.04. The normalized spacial score (nSPS) is 17.5. The first-order chi connectivity index (χ1) is 11.6. The molecule has 0 spiro atoms. The van der Waals surface area contributed by atoms with E-state index >= 15 is 0 Å². The van der Waals surface area contributed by atoms with Crippen LogP contribution in [-0.2, 0) is 11.3 Å². The molecule has 0 saturated carbocycles. The Bertz CT molecular complexity index is 502. The van der Waals surface area contributed by atoms with Gasteiger partial charge in [0.1, 0.15) is 5.75 Å². The van der Waals surface area contributed by atoms with Crippen LogP contribution in [0, 0.1) is 5.41 Å². The van der Waals surface area contributed by atoms with Crippen molar-refractivity contribution in [3.8, 4) is 5.75 Å². The SMILES string of the molecule is CCNC(=O)COc1ccc(CN2CCC(CC)(CO)CC2)cc1. The first kappa shape index (κ1) is 18.7. The van der Waals surface area contributed by atoms with E-state index < -0.39 is 0 Å². The summed E-state index contributed by atoms with van der Waals surface area (Å²) in [5.41, 5.74) is 1.38. The Morgan fingerprint density at radius 2 is 1.92 bits per heavy atom. The molecule has 1 heterocycles. The Morgan fingerprint density at radius 3 is 2.46 bits per heavy atom. The van der Waals surface area contributed by atoms with Crippen molar-refractivity contribution in [3.05, 3.63) is 29.8 Å². The van der Waals surface area contributed by atoms with Crippen molar-refractivity contribution in [2.45, 2.75) is 39.7 Å². The molecule has 2 rings (SSSR count). The van der Waals surface area contributed by atoms with Crippen LogP contribution >= 0.6 is 0 Å².